The van der Waals surface area contributed by atoms with E-state index in [1.807, 2.05) is 4.90 Å². The lowest BCUT2D eigenvalue weighted by molar-refractivity contribution is -0.133. The molecule has 0 saturated carbocycles. The zero-order valence-corrected chi connectivity index (χ0v) is 16.4. The van der Waals surface area contributed by atoms with E-state index >= 15 is 0 Å². The maximum absolute atomic E-state index is 12.6. The maximum atomic E-state index is 12.6. The molecule has 5 nitrogen and oxygen atoms in total. The summed E-state index contributed by atoms with van der Waals surface area (Å²) in [6.07, 6.45) is 7.04. The third-order valence-electron chi connectivity index (χ3n) is 6.82. The van der Waals surface area contributed by atoms with Crippen LogP contribution in [0.5, 0.6) is 0 Å². The van der Waals surface area contributed by atoms with Gasteiger partial charge in [0.25, 0.3) is 0 Å². The number of amides is 1. The zero-order valence-electron chi connectivity index (χ0n) is 16.4. The van der Waals surface area contributed by atoms with Crippen LogP contribution in [-0.4, -0.2) is 60.6 Å². The van der Waals surface area contributed by atoms with Gasteiger partial charge in [-0.05, 0) is 55.7 Å². The van der Waals surface area contributed by atoms with E-state index in [2.05, 4.69) is 29.2 Å². The molecule has 148 valence electrons. The van der Waals surface area contributed by atoms with E-state index in [1.165, 1.54) is 30.4 Å². The van der Waals surface area contributed by atoms with Crippen molar-refractivity contribution in [3.8, 4) is 0 Å². The van der Waals surface area contributed by atoms with Crippen LogP contribution in [0.25, 0.3) is 0 Å². The van der Waals surface area contributed by atoms with E-state index in [9.17, 15) is 4.79 Å². The zero-order chi connectivity index (χ0) is 18.7. The number of likely N-dealkylation sites (tertiary alicyclic amines) is 1. The molecule has 1 atom stereocenters. The molecule has 4 rings (SSSR count). The number of piperidine rings is 1. The van der Waals surface area contributed by atoms with Gasteiger partial charge in [0.05, 0.1) is 6.54 Å². The summed E-state index contributed by atoms with van der Waals surface area (Å²) >= 11 is 0. The Balaban J connectivity index is 1.64. The summed E-state index contributed by atoms with van der Waals surface area (Å²) in [6.45, 7) is 5.66. The number of hydrogen-bond acceptors (Lipinski definition) is 4. The first kappa shape index (κ1) is 18.9. The van der Waals surface area contributed by atoms with Crippen molar-refractivity contribution in [3.63, 3.8) is 0 Å². The summed E-state index contributed by atoms with van der Waals surface area (Å²) in [6, 6.07) is 8.66. The minimum Gasteiger partial charge on any atom is -0.381 e. The molecule has 1 unspecified atom stereocenters. The molecule has 3 aliphatic heterocycles. The van der Waals surface area contributed by atoms with E-state index in [0.29, 0.717) is 12.5 Å². The standard InChI is InChI=1S/C22H33N3O2/c23-14-21(26)24-16-20-6-2-1-5-19(20)13-22(17-24)9-3-4-10-25(22)15-18-7-11-27-12-8-18/h1-2,5-6,18H,3-4,7-17,23H2. The summed E-state index contributed by atoms with van der Waals surface area (Å²) in [5, 5.41) is 0. The van der Waals surface area contributed by atoms with Crippen LogP contribution < -0.4 is 5.73 Å². The van der Waals surface area contributed by atoms with Crippen LogP contribution in [0.4, 0.5) is 0 Å². The molecule has 0 bridgehead atoms. The van der Waals surface area contributed by atoms with Crippen molar-refractivity contribution >= 4 is 5.91 Å². The van der Waals surface area contributed by atoms with Crippen LogP contribution >= 0.6 is 0 Å². The van der Waals surface area contributed by atoms with Crippen LogP contribution in [0.1, 0.15) is 43.2 Å². The summed E-state index contributed by atoms with van der Waals surface area (Å²) in [5.41, 5.74) is 8.50. The molecule has 3 heterocycles. The van der Waals surface area contributed by atoms with Gasteiger partial charge in [-0.3, -0.25) is 9.69 Å². The van der Waals surface area contributed by atoms with E-state index in [1.54, 1.807) is 0 Å². The molecule has 3 aliphatic rings. The fourth-order valence-corrected chi connectivity index (χ4v) is 5.27. The van der Waals surface area contributed by atoms with Crippen molar-refractivity contribution in [1.29, 1.82) is 0 Å². The third kappa shape index (κ3) is 4.05. The lowest BCUT2D eigenvalue weighted by Crippen LogP contribution is -2.60. The van der Waals surface area contributed by atoms with Gasteiger partial charge in [-0.2, -0.15) is 0 Å². The van der Waals surface area contributed by atoms with Crippen LogP contribution in [0.3, 0.4) is 0 Å². The number of benzene rings is 1. The van der Waals surface area contributed by atoms with Gasteiger partial charge in [0, 0.05) is 38.4 Å². The number of carbonyl (C=O) groups is 1. The highest BCUT2D eigenvalue weighted by Crippen LogP contribution is 2.37. The molecule has 5 heteroatoms. The average molecular weight is 372 g/mol. The number of carbonyl (C=O) groups excluding carboxylic acids is 1. The average Bonchev–Trinajstić information content (AvgIpc) is 2.87. The van der Waals surface area contributed by atoms with Crippen molar-refractivity contribution in [1.82, 2.24) is 9.80 Å². The van der Waals surface area contributed by atoms with Crippen molar-refractivity contribution < 1.29 is 9.53 Å². The molecule has 1 spiro atoms. The molecule has 2 saturated heterocycles. The quantitative estimate of drug-likeness (QED) is 0.885. The van der Waals surface area contributed by atoms with Crippen molar-refractivity contribution in [2.45, 2.75) is 50.6 Å². The highest BCUT2D eigenvalue weighted by atomic mass is 16.5. The molecule has 0 radical (unpaired) electrons. The summed E-state index contributed by atoms with van der Waals surface area (Å²) in [7, 11) is 0. The van der Waals surface area contributed by atoms with Gasteiger partial charge in [-0.1, -0.05) is 30.7 Å². The Morgan fingerprint density at radius 1 is 1.19 bits per heavy atom. The molecule has 0 aromatic heterocycles. The highest BCUT2D eigenvalue weighted by Gasteiger charge is 2.43. The van der Waals surface area contributed by atoms with Crippen molar-refractivity contribution in [3.05, 3.63) is 35.4 Å². The van der Waals surface area contributed by atoms with E-state index in [4.69, 9.17) is 10.5 Å². The van der Waals surface area contributed by atoms with Crippen molar-refractivity contribution in [2.24, 2.45) is 11.7 Å². The second-order valence-corrected chi connectivity index (χ2v) is 8.58. The fourth-order valence-electron chi connectivity index (χ4n) is 5.27. The molecule has 2 fully saturated rings. The topological polar surface area (TPSA) is 58.8 Å². The van der Waals surface area contributed by atoms with Crippen LogP contribution in [0, 0.1) is 5.92 Å². The number of fused-ring (bicyclic) bond motifs is 1. The highest BCUT2D eigenvalue weighted by molar-refractivity contribution is 5.78. The summed E-state index contributed by atoms with van der Waals surface area (Å²) in [4.78, 5) is 17.4. The predicted octanol–water partition coefficient (Wildman–Crippen LogP) is 2.18. The van der Waals surface area contributed by atoms with E-state index < -0.39 is 0 Å². The number of ether oxygens (including phenoxy) is 1. The first-order valence-corrected chi connectivity index (χ1v) is 10.6. The normalized spacial score (nSPS) is 27.4. The second kappa shape index (κ2) is 8.29. The molecule has 0 aliphatic carbocycles. The van der Waals surface area contributed by atoms with Gasteiger partial charge in [0.1, 0.15) is 0 Å². The van der Waals surface area contributed by atoms with Gasteiger partial charge in [-0.25, -0.2) is 0 Å². The number of hydrogen-bond donors (Lipinski definition) is 1. The minimum atomic E-state index is 0.0496. The third-order valence-corrected chi connectivity index (χ3v) is 6.82. The lowest BCUT2D eigenvalue weighted by Gasteiger charge is -2.50. The number of nitrogens with zero attached hydrogens (tertiary/aromatic N) is 2. The van der Waals surface area contributed by atoms with E-state index in [-0.39, 0.29) is 18.0 Å². The Hall–Kier alpha value is -1.43. The van der Waals surface area contributed by atoms with Crippen LogP contribution in [0.2, 0.25) is 0 Å². The Kier molecular flexibility index (Phi) is 5.81. The van der Waals surface area contributed by atoms with Crippen LogP contribution in [-0.2, 0) is 22.5 Å². The Morgan fingerprint density at radius 3 is 2.74 bits per heavy atom. The Bertz CT molecular complexity index is 659. The second-order valence-electron chi connectivity index (χ2n) is 8.58. The van der Waals surface area contributed by atoms with Gasteiger partial charge < -0.3 is 15.4 Å². The maximum Gasteiger partial charge on any atom is 0.236 e. The molecule has 2 N–H and O–H groups in total. The van der Waals surface area contributed by atoms with Gasteiger partial charge in [0.2, 0.25) is 5.91 Å². The number of rotatable bonds is 3. The molecule has 27 heavy (non-hydrogen) atoms. The van der Waals surface area contributed by atoms with Gasteiger partial charge in [-0.15, -0.1) is 0 Å². The Labute approximate surface area is 162 Å². The predicted molar refractivity (Wildman–Crippen MR) is 106 cm³/mol. The molecular formula is C22H33N3O2. The smallest absolute Gasteiger partial charge is 0.236 e. The Morgan fingerprint density at radius 2 is 1.96 bits per heavy atom. The fraction of sp³-hybridized carbons (Fsp3) is 0.682. The monoisotopic (exact) mass is 371 g/mol. The first-order valence-electron chi connectivity index (χ1n) is 10.6. The largest absolute Gasteiger partial charge is 0.381 e. The first-order chi connectivity index (χ1) is 13.2. The SMILES string of the molecule is NCC(=O)N1Cc2ccccc2CC2(CCCCN2CC2CCOCC2)C1. The van der Waals surface area contributed by atoms with Gasteiger partial charge in [0.15, 0.2) is 0 Å². The van der Waals surface area contributed by atoms with Crippen LogP contribution in [0.15, 0.2) is 24.3 Å². The summed E-state index contributed by atoms with van der Waals surface area (Å²) < 4.78 is 5.57. The van der Waals surface area contributed by atoms with E-state index in [0.717, 1.165) is 52.1 Å². The molecule has 1 aromatic rings. The van der Waals surface area contributed by atoms with Crippen molar-refractivity contribution in [2.75, 3.05) is 39.4 Å². The lowest BCUT2D eigenvalue weighted by atomic mass is 9.79. The van der Waals surface area contributed by atoms with Gasteiger partial charge >= 0.3 is 0 Å². The molecule has 1 amide bonds. The molecule has 1 aromatic carbocycles. The number of nitrogens with two attached hydrogens (primary N) is 1. The minimum absolute atomic E-state index is 0.0496. The summed E-state index contributed by atoms with van der Waals surface area (Å²) in [5.74, 6) is 0.786. The molecular weight excluding hydrogens is 338 g/mol.